The first-order valence-electron chi connectivity index (χ1n) is 7.51. The van der Waals surface area contributed by atoms with Gasteiger partial charge in [-0.1, -0.05) is 72.8 Å². The molecule has 2 heteroatoms. The van der Waals surface area contributed by atoms with Gasteiger partial charge in [-0.25, -0.2) is 0 Å². The predicted octanol–water partition coefficient (Wildman–Crippen LogP) is 4.60. The number of hydrogen-bond donors (Lipinski definition) is 1. The molecule has 1 aliphatic rings. The smallest absolute Gasteiger partial charge is 0.185 e. The average molecular weight is 299 g/mol. The molecular formula is C21H17NO. The van der Waals surface area contributed by atoms with E-state index in [9.17, 15) is 4.79 Å². The van der Waals surface area contributed by atoms with E-state index < -0.39 is 0 Å². The van der Waals surface area contributed by atoms with E-state index in [2.05, 4.69) is 5.32 Å². The highest BCUT2D eigenvalue weighted by Gasteiger charge is 2.05. The normalized spacial score (nSPS) is 13.5. The number of nitrogens with one attached hydrogen (secondary N) is 1. The monoisotopic (exact) mass is 299 g/mol. The van der Waals surface area contributed by atoms with Crippen LogP contribution in [-0.4, -0.2) is 5.78 Å². The topological polar surface area (TPSA) is 29.1 Å². The molecule has 1 N–H and O–H groups in total. The molecule has 1 heterocycles. The number of benzene rings is 2. The molecule has 0 radical (unpaired) electrons. The maximum absolute atomic E-state index is 12.2. The summed E-state index contributed by atoms with van der Waals surface area (Å²) in [6.45, 7) is 0. The molecule has 2 nitrogen and oxygen atoms in total. The molecule has 0 saturated heterocycles. The third-order valence-corrected chi connectivity index (χ3v) is 3.54. The number of ketones is 1. The number of carbonyl (C=O) groups excluding carboxylic acids is 1. The molecule has 0 amide bonds. The van der Waals surface area contributed by atoms with Crippen molar-refractivity contribution in [1.29, 1.82) is 0 Å². The molecule has 0 spiro atoms. The Morgan fingerprint density at radius 1 is 0.870 bits per heavy atom. The molecule has 0 atom stereocenters. The number of carbonyl (C=O) groups is 1. The van der Waals surface area contributed by atoms with Crippen LogP contribution in [0.2, 0.25) is 0 Å². The fourth-order valence-electron chi connectivity index (χ4n) is 2.38. The van der Waals surface area contributed by atoms with E-state index in [0.29, 0.717) is 5.56 Å². The summed E-state index contributed by atoms with van der Waals surface area (Å²) in [5.41, 5.74) is 3.75. The Balaban J connectivity index is 1.88. The first-order valence-corrected chi connectivity index (χ1v) is 7.51. The van der Waals surface area contributed by atoms with Gasteiger partial charge in [0.2, 0.25) is 0 Å². The molecule has 0 aromatic heterocycles. The van der Waals surface area contributed by atoms with E-state index in [1.54, 1.807) is 6.08 Å². The van der Waals surface area contributed by atoms with Crippen LogP contribution in [0.4, 0.5) is 0 Å². The number of allylic oxidation sites excluding steroid dienone is 5. The fourth-order valence-corrected chi connectivity index (χ4v) is 2.38. The van der Waals surface area contributed by atoms with Gasteiger partial charge in [0.15, 0.2) is 5.78 Å². The fraction of sp³-hybridized carbons (Fsp3) is 0. The molecule has 0 saturated carbocycles. The Morgan fingerprint density at radius 2 is 1.65 bits per heavy atom. The third kappa shape index (κ3) is 3.74. The zero-order chi connectivity index (χ0) is 15.9. The number of rotatable bonds is 4. The standard InChI is InChI=1S/C21H17NO/c23-21(18-10-3-1-4-11-18)15-14-17-9-6-7-12-19(17)20-13-5-2-8-16-22-20/h1-16,22H/b15-14+. The van der Waals surface area contributed by atoms with Crippen molar-refractivity contribution in [2.24, 2.45) is 0 Å². The van der Waals surface area contributed by atoms with Crippen LogP contribution < -0.4 is 5.32 Å². The highest BCUT2D eigenvalue weighted by atomic mass is 16.1. The Labute approximate surface area is 136 Å². The highest BCUT2D eigenvalue weighted by Crippen LogP contribution is 2.20. The van der Waals surface area contributed by atoms with Crippen molar-refractivity contribution in [3.05, 3.63) is 108 Å². The SMILES string of the molecule is O=C(/C=C/c1ccccc1C1=CC=CC=CN1)c1ccccc1. The summed E-state index contributed by atoms with van der Waals surface area (Å²) < 4.78 is 0. The minimum absolute atomic E-state index is 0.00278. The minimum atomic E-state index is 0.00278. The lowest BCUT2D eigenvalue weighted by atomic mass is 10.0. The molecule has 2 aromatic rings. The van der Waals surface area contributed by atoms with E-state index in [-0.39, 0.29) is 5.78 Å². The van der Waals surface area contributed by atoms with Crippen LogP contribution >= 0.6 is 0 Å². The second kappa shape index (κ2) is 7.23. The van der Waals surface area contributed by atoms with Gasteiger partial charge in [-0.2, -0.15) is 0 Å². The van der Waals surface area contributed by atoms with E-state index >= 15 is 0 Å². The average Bonchev–Trinajstić information content (AvgIpc) is 2.90. The lowest BCUT2D eigenvalue weighted by Gasteiger charge is -2.10. The molecule has 1 aliphatic heterocycles. The molecule has 0 aliphatic carbocycles. The Bertz CT molecular complexity index is 811. The third-order valence-electron chi connectivity index (χ3n) is 3.54. The first-order chi connectivity index (χ1) is 11.3. The molecule has 2 aromatic carbocycles. The molecule has 3 rings (SSSR count). The van der Waals surface area contributed by atoms with Gasteiger partial charge in [0.05, 0.1) is 0 Å². The van der Waals surface area contributed by atoms with E-state index in [1.807, 2.05) is 91.2 Å². The number of hydrogen-bond acceptors (Lipinski definition) is 2. The maximum Gasteiger partial charge on any atom is 0.185 e. The van der Waals surface area contributed by atoms with Gasteiger partial charge in [0.1, 0.15) is 0 Å². The minimum Gasteiger partial charge on any atom is -0.361 e. The summed E-state index contributed by atoms with van der Waals surface area (Å²) in [6, 6.07) is 17.3. The molecule has 0 bridgehead atoms. The van der Waals surface area contributed by atoms with Crippen LogP contribution in [0, 0.1) is 0 Å². The molecule has 0 fully saturated rings. The van der Waals surface area contributed by atoms with Crippen molar-refractivity contribution in [3.8, 4) is 0 Å². The van der Waals surface area contributed by atoms with E-state index in [0.717, 1.165) is 16.8 Å². The quantitative estimate of drug-likeness (QED) is 0.660. The van der Waals surface area contributed by atoms with Crippen LogP contribution in [0.15, 0.2) is 91.2 Å². The molecular weight excluding hydrogens is 282 g/mol. The lowest BCUT2D eigenvalue weighted by molar-refractivity contribution is 0.104. The van der Waals surface area contributed by atoms with Gasteiger partial charge in [-0.15, -0.1) is 0 Å². The summed E-state index contributed by atoms with van der Waals surface area (Å²) in [5, 5.41) is 3.26. The molecule has 0 unspecified atom stereocenters. The van der Waals surface area contributed by atoms with E-state index in [4.69, 9.17) is 0 Å². The predicted molar refractivity (Wildman–Crippen MR) is 95.6 cm³/mol. The summed E-state index contributed by atoms with van der Waals surface area (Å²) in [7, 11) is 0. The zero-order valence-corrected chi connectivity index (χ0v) is 12.6. The summed E-state index contributed by atoms with van der Waals surface area (Å²) in [6.07, 6.45) is 13.3. The second-order valence-corrected chi connectivity index (χ2v) is 5.12. The Kier molecular flexibility index (Phi) is 4.65. The van der Waals surface area contributed by atoms with Crippen LogP contribution in [-0.2, 0) is 0 Å². The Morgan fingerprint density at radius 3 is 2.52 bits per heavy atom. The van der Waals surface area contributed by atoms with Crippen molar-refractivity contribution < 1.29 is 4.79 Å². The largest absolute Gasteiger partial charge is 0.361 e. The zero-order valence-electron chi connectivity index (χ0n) is 12.6. The van der Waals surface area contributed by atoms with Crippen LogP contribution in [0.1, 0.15) is 21.5 Å². The maximum atomic E-state index is 12.2. The second-order valence-electron chi connectivity index (χ2n) is 5.12. The van der Waals surface area contributed by atoms with Crippen LogP contribution in [0.5, 0.6) is 0 Å². The van der Waals surface area contributed by atoms with Crippen molar-refractivity contribution in [2.75, 3.05) is 0 Å². The highest BCUT2D eigenvalue weighted by molar-refractivity contribution is 6.07. The van der Waals surface area contributed by atoms with Crippen LogP contribution in [0.25, 0.3) is 11.8 Å². The van der Waals surface area contributed by atoms with Crippen LogP contribution in [0.3, 0.4) is 0 Å². The van der Waals surface area contributed by atoms with Crippen molar-refractivity contribution in [2.45, 2.75) is 0 Å². The van der Waals surface area contributed by atoms with E-state index in [1.165, 1.54) is 0 Å². The first kappa shape index (κ1) is 14.8. The summed E-state index contributed by atoms with van der Waals surface area (Å²) in [4.78, 5) is 12.2. The van der Waals surface area contributed by atoms with Gasteiger partial charge in [0.25, 0.3) is 0 Å². The van der Waals surface area contributed by atoms with Gasteiger partial charge in [-0.05, 0) is 23.8 Å². The summed E-state index contributed by atoms with van der Waals surface area (Å²) in [5.74, 6) is 0.00278. The van der Waals surface area contributed by atoms with Crippen molar-refractivity contribution in [1.82, 2.24) is 5.32 Å². The lowest BCUT2D eigenvalue weighted by Crippen LogP contribution is -2.04. The molecule has 112 valence electrons. The van der Waals surface area contributed by atoms with Gasteiger partial charge < -0.3 is 5.32 Å². The van der Waals surface area contributed by atoms with Gasteiger partial charge >= 0.3 is 0 Å². The molecule has 23 heavy (non-hydrogen) atoms. The van der Waals surface area contributed by atoms with Crippen molar-refractivity contribution in [3.63, 3.8) is 0 Å². The van der Waals surface area contributed by atoms with Gasteiger partial charge in [-0.3, -0.25) is 4.79 Å². The summed E-state index contributed by atoms with van der Waals surface area (Å²) >= 11 is 0. The van der Waals surface area contributed by atoms with Crippen molar-refractivity contribution >= 4 is 17.6 Å². The van der Waals surface area contributed by atoms with Gasteiger partial charge in [0, 0.05) is 23.0 Å². The Hall–Kier alpha value is -3.13.